The average Bonchev–Trinajstić information content (AvgIpc) is 3.30. The Morgan fingerprint density at radius 2 is 0.507 bits per heavy atom. The van der Waals surface area contributed by atoms with Crippen molar-refractivity contribution < 1.29 is 81.0 Å². The standard InChI is InChI=1S/C32H32O12.C13H8O2.3C3H8O/c1-9-13-5-15(23(35)29(41)21(13)33)10(2)17-7-19(27(39)31(43)25(17)37)12(4)20-8-18(26(38)32(44)28(20)40)11(3)16-6-14(9)22(34)30(42)24(16)36;14-13-9-5-1-3-7-11(9)15-12-8-4-2-6-10(12)13;3*1-3(2)4/h5-12,33-44H,1-4H3;1-8H;3*3-4H,1-2H3. The van der Waals surface area contributed by atoms with Gasteiger partial charge in [-0.2, -0.15) is 0 Å². The van der Waals surface area contributed by atoms with Crippen LogP contribution in [0.15, 0.2) is 82.0 Å². The first-order chi connectivity index (χ1) is 33.1. The molecule has 1 aromatic heterocycles. The van der Waals surface area contributed by atoms with E-state index in [0.29, 0.717) is 21.9 Å². The molecular weight excluding hydrogens is 921 g/mol. The Balaban J connectivity index is 0.000000328. The monoisotopic (exact) mass is 984 g/mol. The zero-order valence-electron chi connectivity index (χ0n) is 41.0. The van der Waals surface area contributed by atoms with E-state index in [0.717, 1.165) is 0 Å². The average molecular weight is 985 g/mol. The van der Waals surface area contributed by atoms with Gasteiger partial charge in [0.15, 0.2) is 46.0 Å². The van der Waals surface area contributed by atoms with Gasteiger partial charge in [0.1, 0.15) is 11.2 Å². The van der Waals surface area contributed by atoms with Gasteiger partial charge in [-0.1, -0.05) is 52.0 Å². The smallest absolute Gasteiger partial charge is 0.200 e. The van der Waals surface area contributed by atoms with Crippen molar-refractivity contribution >= 4 is 21.9 Å². The lowest BCUT2D eigenvalue weighted by molar-refractivity contribution is 0.215. The van der Waals surface area contributed by atoms with Gasteiger partial charge in [0.2, 0.25) is 28.4 Å². The molecule has 8 bridgehead atoms. The molecule has 0 atom stereocenters. The van der Waals surface area contributed by atoms with Gasteiger partial charge in [-0.25, -0.2) is 0 Å². The number of hydrogen-bond donors (Lipinski definition) is 15. The number of rotatable bonds is 0. The maximum absolute atomic E-state index is 12.0. The van der Waals surface area contributed by atoms with Gasteiger partial charge in [0.05, 0.1) is 10.8 Å². The number of aliphatic hydroxyl groups is 3. The van der Waals surface area contributed by atoms with Crippen molar-refractivity contribution in [3.05, 3.63) is 128 Å². The molecule has 0 saturated heterocycles. The summed E-state index contributed by atoms with van der Waals surface area (Å²) in [6, 6.07) is 19.8. The van der Waals surface area contributed by atoms with Crippen LogP contribution in [0.25, 0.3) is 21.9 Å². The van der Waals surface area contributed by atoms with Crippen molar-refractivity contribution in [1.82, 2.24) is 0 Å². The second-order valence-electron chi connectivity index (χ2n) is 18.0. The molecule has 0 spiro atoms. The van der Waals surface area contributed by atoms with Crippen LogP contribution in [0.2, 0.25) is 0 Å². The van der Waals surface area contributed by atoms with E-state index in [2.05, 4.69) is 0 Å². The highest BCUT2D eigenvalue weighted by atomic mass is 16.4. The first kappa shape index (κ1) is 55.9. The summed E-state index contributed by atoms with van der Waals surface area (Å²) in [5.74, 6) is -13.9. The van der Waals surface area contributed by atoms with Crippen molar-refractivity contribution in [2.75, 3.05) is 0 Å². The Kier molecular flexibility index (Phi) is 17.9. The fraction of sp³-hybridized carbons (Fsp3) is 0.315. The summed E-state index contributed by atoms with van der Waals surface area (Å²) < 4.78 is 5.63. The minimum Gasteiger partial charge on any atom is -0.504 e. The van der Waals surface area contributed by atoms with Crippen LogP contribution in [0.1, 0.15) is 137 Å². The summed E-state index contributed by atoms with van der Waals surface area (Å²) in [5.41, 5.74) is 0.957. The molecule has 1 aliphatic rings. The number of benzene rings is 6. The van der Waals surface area contributed by atoms with Gasteiger partial charge in [-0.05, 0) is 90.1 Å². The van der Waals surface area contributed by atoms with E-state index in [4.69, 9.17) is 19.7 Å². The lowest BCUT2D eigenvalue weighted by Crippen LogP contribution is -2.08. The van der Waals surface area contributed by atoms with Crippen LogP contribution in [0.5, 0.6) is 69.0 Å². The third-order valence-electron chi connectivity index (χ3n) is 11.4. The number of phenolic OH excluding ortho intramolecular Hbond substituents is 12. The van der Waals surface area contributed by atoms with E-state index in [1.807, 2.05) is 36.4 Å². The van der Waals surface area contributed by atoms with Gasteiger partial charge < -0.3 is 81.0 Å². The second-order valence-corrected chi connectivity index (χ2v) is 18.0. The summed E-state index contributed by atoms with van der Waals surface area (Å²) in [4.78, 5) is 12.0. The van der Waals surface area contributed by atoms with Crippen molar-refractivity contribution in [3.8, 4) is 69.0 Å². The van der Waals surface area contributed by atoms with Gasteiger partial charge in [0.25, 0.3) is 0 Å². The molecule has 71 heavy (non-hydrogen) atoms. The lowest BCUT2D eigenvalue weighted by Gasteiger charge is -2.26. The number of fused-ring (bicyclic) bond motifs is 10. The van der Waals surface area contributed by atoms with Gasteiger partial charge in [-0.15, -0.1) is 0 Å². The van der Waals surface area contributed by atoms with Crippen LogP contribution in [-0.2, 0) is 0 Å². The van der Waals surface area contributed by atoms with Crippen LogP contribution in [-0.4, -0.2) is 94.9 Å². The molecule has 0 unspecified atom stereocenters. The van der Waals surface area contributed by atoms with Gasteiger partial charge >= 0.3 is 0 Å². The molecule has 0 fully saturated rings. The molecule has 0 amide bonds. The molecule has 0 saturated carbocycles. The molecule has 8 rings (SSSR count). The number of hydrogen-bond acceptors (Lipinski definition) is 17. The highest BCUT2D eigenvalue weighted by Gasteiger charge is 2.34. The predicted octanol–water partition coefficient (Wildman–Crippen LogP) is 9.18. The quantitative estimate of drug-likeness (QED) is 0.0497. The molecule has 15 N–H and O–H groups in total. The van der Waals surface area contributed by atoms with Crippen LogP contribution < -0.4 is 5.43 Å². The lowest BCUT2D eigenvalue weighted by atomic mass is 9.80. The number of phenols is 12. The van der Waals surface area contributed by atoms with E-state index in [1.165, 1.54) is 52.0 Å². The minimum absolute atomic E-state index is 0.0347. The molecule has 17 nitrogen and oxygen atoms in total. The van der Waals surface area contributed by atoms with Crippen molar-refractivity contribution in [2.45, 2.75) is 111 Å². The fourth-order valence-electron chi connectivity index (χ4n) is 7.82. The zero-order chi connectivity index (χ0) is 53.7. The summed E-state index contributed by atoms with van der Waals surface area (Å²) in [7, 11) is 0. The molecule has 6 aromatic carbocycles. The van der Waals surface area contributed by atoms with E-state index in [-0.39, 0.29) is 68.2 Å². The maximum atomic E-state index is 12.0. The highest BCUT2D eigenvalue weighted by molar-refractivity contribution is 5.89. The molecule has 1 aliphatic carbocycles. The van der Waals surface area contributed by atoms with E-state index >= 15 is 0 Å². The summed E-state index contributed by atoms with van der Waals surface area (Å²) in [5, 5.41) is 155. The normalized spacial score (nSPS) is 15.9. The SMILES string of the molecule is CC(C)O.CC(C)O.CC(C)O.CC1c2cc(c(O)c(O)c2O)C(C)c2cc(c(O)c(O)c2O)C(C)c2cc(c(O)c(O)c2O)C(C)c2cc1c(O)c(O)c2O.O=c1c2ccccc2oc2ccccc12. The van der Waals surface area contributed by atoms with Crippen molar-refractivity contribution in [2.24, 2.45) is 0 Å². The number of aromatic hydroxyl groups is 12. The third kappa shape index (κ3) is 11.8. The third-order valence-corrected chi connectivity index (χ3v) is 11.4. The molecule has 1 heterocycles. The first-order valence-electron chi connectivity index (χ1n) is 22.6. The highest BCUT2D eigenvalue weighted by Crippen LogP contribution is 2.56. The maximum Gasteiger partial charge on any atom is 0.200 e. The van der Waals surface area contributed by atoms with Crippen molar-refractivity contribution in [1.29, 1.82) is 0 Å². The van der Waals surface area contributed by atoms with Crippen LogP contribution in [0.3, 0.4) is 0 Å². The fourth-order valence-corrected chi connectivity index (χ4v) is 7.82. The molecule has 17 heteroatoms. The van der Waals surface area contributed by atoms with Gasteiger partial charge in [0, 0.05) is 86.5 Å². The number of para-hydroxylation sites is 2. The summed E-state index contributed by atoms with van der Waals surface area (Å²) in [6.07, 6.45) is -0.500. The summed E-state index contributed by atoms with van der Waals surface area (Å²) in [6.45, 7) is 16.3. The number of aliphatic hydroxyl groups excluding tert-OH is 3. The molecule has 0 radical (unpaired) electrons. The van der Waals surface area contributed by atoms with Crippen LogP contribution >= 0.6 is 0 Å². The predicted molar refractivity (Wildman–Crippen MR) is 268 cm³/mol. The topological polar surface area (TPSA) is 334 Å². The zero-order valence-corrected chi connectivity index (χ0v) is 41.0. The van der Waals surface area contributed by atoms with E-state index < -0.39 is 92.7 Å². The van der Waals surface area contributed by atoms with E-state index in [9.17, 15) is 66.1 Å². The molecule has 382 valence electrons. The largest absolute Gasteiger partial charge is 0.504 e. The summed E-state index contributed by atoms with van der Waals surface area (Å²) >= 11 is 0. The Morgan fingerprint density at radius 3 is 0.690 bits per heavy atom. The molecular formula is C54H64O17. The molecule has 7 aromatic rings. The van der Waals surface area contributed by atoms with Gasteiger partial charge in [-0.3, -0.25) is 4.79 Å². The second kappa shape index (κ2) is 22.8. The minimum atomic E-state index is -1.03. The van der Waals surface area contributed by atoms with Crippen LogP contribution in [0.4, 0.5) is 0 Å². The van der Waals surface area contributed by atoms with Crippen molar-refractivity contribution in [3.63, 3.8) is 0 Å². The Hall–Kier alpha value is -7.73. The first-order valence-corrected chi connectivity index (χ1v) is 22.6. The Morgan fingerprint density at radius 1 is 0.338 bits per heavy atom. The van der Waals surface area contributed by atoms with E-state index in [1.54, 1.807) is 53.7 Å². The Labute approximate surface area is 409 Å². The van der Waals surface area contributed by atoms with Crippen LogP contribution in [0, 0.1) is 0 Å². The molecule has 0 aliphatic heterocycles. The Bertz CT molecular complexity index is 2620.